The second-order valence-corrected chi connectivity index (χ2v) is 2.86. The minimum atomic E-state index is -4.73. The van der Waals surface area contributed by atoms with Crippen molar-refractivity contribution in [1.82, 2.24) is 4.98 Å². The highest BCUT2D eigenvalue weighted by Crippen LogP contribution is 2.32. The molecule has 88 valence electrons. The van der Waals surface area contributed by atoms with Gasteiger partial charge in [-0.3, -0.25) is 4.98 Å². The largest absolute Gasteiger partial charge is 0.467 e. The van der Waals surface area contributed by atoms with Crippen molar-refractivity contribution in [3.05, 3.63) is 29.6 Å². The molecule has 0 aliphatic heterocycles. The molecule has 0 aliphatic rings. The summed E-state index contributed by atoms with van der Waals surface area (Å²) in [7, 11) is 0.967. The average Bonchev–Trinajstić information content (AvgIpc) is 2.26. The number of pyridine rings is 1. The maximum atomic E-state index is 12.5. The Morgan fingerprint density at radius 2 is 2.19 bits per heavy atom. The molecule has 0 bridgehead atoms. The monoisotopic (exact) mass is 235 g/mol. The molecular formula is C9H8F3NO3. The highest BCUT2D eigenvalue weighted by molar-refractivity contribution is 5.76. The van der Waals surface area contributed by atoms with E-state index in [1.165, 1.54) is 6.07 Å². The van der Waals surface area contributed by atoms with Crippen molar-refractivity contribution in [2.75, 3.05) is 7.11 Å². The van der Waals surface area contributed by atoms with E-state index in [1.54, 1.807) is 0 Å². The minimum absolute atomic E-state index is 0.623. The summed E-state index contributed by atoms with van der Waals surface area (Å²) < 4.78 is 41.5. The predicted octanol–water partition coefficient (Wildman–Crippen LogP) is 1.31. The molecule has 0 saturated carbocycles. The summed E-state index contributed by atoms with van der Waals surface area (Å²) in [6, 6.07) is 2.16. The van der Waals surface area contributed by atoms with Gasteiger partial charge in [0.25, 0.3) is 0 Å². The number of aliphatic hydroxyl groups is 1. The molecule has 1 atom stereocenters. The fourth-order valence-corrected chi connectivity index (χ4v) is 1.11. The van der Waals surface area contributed by atoms with Crippen molar-refractivity contribution in [3.8, 4) is 0 Å². The van der Waals surface area contributed by atoms with E-state index in [2.05, 4.69) is 9.72 Å². The van der Waals surface area contributed by atoms with Crippen LogP contribution in [0.4, 0.5) is 13.2 Å². The highest BCUT2D eigenvalue weighted by atomic mass is 19.4. The molecule has 0 spiro atoms. The van der Waals surface area contributed by atoms with Crippen LogP contribution in [0.5, 0.6) is 0 Å². The normalized spacial score (nSPS) is 13.3. The molecule has 0 aromatic carbocycles. The van der Waals surface area contributed by atoms with E-state index in [0.29, 0.717) is 0 Å². The van der Waals surface area contributed by atoms with Crippen LogP contribution < -0.4 is 0 Å². The van der Waals surface area contributed by atoms with Gasteiger partial charge in [0.15, 0.2) is 11.8 Å². The van der Waals surface area contributed by atoms with E-state index < -0.39 is 29.5 Å². The predicted molar refractivity (Wildman–Crippen MR) is 46.2 cm³/mol. The van der Waals surface area contributed by atoms with E-state index >= 15 is 0 Å². The second kappa shape index (κ2) is 4.48. The molecule has 0 radical (unpaired) electrons. The summed E-state index contributed by atoms with van der Waals surface area (Å²) in [5.41, 5.74) is -1.92. The number of aliphatic hydroxyl groups excluding tert-OH is 1. The van der Waals surface area contributed by atoms with Crippen molar-refractivity contribution in [1.29, 1.82) is 0 Å². The SMILES string of the molecule is COC(=O)C(O)c1cccnc1C(F)(F)F. The van der Waals surface area contributed by atoms with E-state index in [1.807, 2.05) is 0 Å². The van der Waals surface area contributed by atoms with Gasteiger partial charge >= 0.3 is 12.1 Å². The minimum Gasteiger partial charge on any atom is -0.467 e. The maximum absolute atomic E-state index is 12.5. The van der Waals surface area contributed by atoms with Crippen LogP contribution in [0.2, 0.25) is 0 Å². The number of ether oxygens (including phenoxy) is 1. The highest BCUT2D eigenvalue weighted by Gasteiger charge is 2.38. The third-order valence-electron chi connectivity index (χ3n) is 1.83. The molecule has 0 aliphatic carbocycles. The number of aromatic nitrogens is 1. The van der Waals surface area contributed by atoms with Crippen LogP contribution in [-0.2, 0) is 15.7 Å². The zero-order valence-electron chi connectivity index (χ0n) is 8.15. The van der Waals surface area contributed by atoms with Gasteiger partial charge in [-0.25, -0.2) is 4.79 Å². The number of hydrogen-bond donors (Lipinski definition) is 1. The van der Waals surface area contributed by atoms with Crippen molar-refractivity contribution in [2.24, 2.45) is 0 Å². The average molecular weight is 235 g/mol. The smallest absolute Gasteiger partial charge is 0.433 e. The molecule has 0 saturated heterocycles. The van der Waals surface area contributed by atoms with Gasteiger partial charge in [0, 0.05) is 11.8 Å². The molecule has 1 heterocycles. The van der Waals surface area contributed by atoms with Crippen molar-refractivity contribution >= 4 is 5.97 Å². The molecule has 4 nitrogen and oxygen atoms in total. The van der Waals surface area contributed by atoms with Gasteiger partial charge in [-0.1, -0.05) is 6.07 Å². The Morgan fingerprint density at radius 3 is 2.69 bits per heavy atom. The molecule has 16 heavy (non-hydrogen) atoms. The lowest BCUT2D eigenvalue weighted by molar-refractivity contribution is -0.153. The van der Waals surface area contributed by atoms with Crippen LogP contribution in [0.15, 0.2) is 18.3 Å². The fourth-order valence-electron chi connectivity index (χ4n) is 1.11. The molecule has 1 aromatic heterocycles. The van der Waals surface area contributed by atoms with Crippen molar-refractivity contribution in [3.63, 3.8) is 0 Å². The summed E-state index contributed by atoms with van der Waals surface area (Å²) in [4.78, 5) is 14.0. The van der Waals surface area contributed by atoms with Crippen molar-refractivity contribution in [2.45, 2.75) is 12.3 Å². The standard InChI is InChI=1S/C9H8F3NO3/c1-16-8(15)6(14)5-3-2-4-13-7(5)9(10,11)12/h2-4,6,14H,1H3. The van der Waals surface area contributed by atoms with E-state index in [9.17, 15) is 23.1 Å². The first kappa shape index (κ1) is 12.4. The second-order valence-electron chi connectivity index (χ2n) is 2.86. The summed E-state index contributed by atoms with van der Waals surface area (Å²) in [6.45, 7) is 0. The number of nitrogens with zero attached hydrogens (tertiary/aromatic N) is 1. The number of carbonyl (C=O) groups is 1. The summed E-state index contributed by atoms with van der Waals surface area (Å²) in [6.07, 6.45) is -5.79. The molecule has 1 N–H and O–H groups in total. The number of alkyl halides is 3. The zero-order valence-corrected chi connectivity index (χ0v) is 8.15. The van der Waals surface area contributed by atoms with Gasteiger partial charge < -0.3 is 9.84 Å². The molecule has 7 heteroatoms. The number of hydrogen-bond acceptors (Lipinski definition) is 4. The van der Waals surface area contributed by atoms with Gasteiger partial charge in [-0.2, -0.15) is 13.2 Å². The number of esters is 1. The first-order valence-electron chi connectivity index (χ1n) is 4.16. The summed E-state index contributed by atoms with van der Waals surface area (Å²) in [5.74, 6) is -1.17. The zero-order chi connectivity index (χ0) is 12.3. The van der Waals surface area contributed by atoms with Crippen LogP contribution in [0.3, 0.4) is 0 Å². The van der Waals surface area contributed by atoms with Gasteiger partial charge in [0.05, 0.1) is 7.11 Å². The first-order chi connectivity index (χ1) is 7.38. The number of rotatable bonds is 2. The molecular weight excluding hydrogens is 227 g/mol. The third-order valence-corrected chi connectivity index (χ3v) is 1.83. The van der Waals surface area contributed by atoms with Crippen LogP contribution in [0.1, 0.15) is 17.4 Å². The van der Waals surface area contributed by atoms with Crippen LogP contribution >= 0.6 is 0 Å². The maximum Gasteiger partial charge on any atom is 0.433 e. The summed E-state index contributed by atoms with van der Waals surface area (Å²) >= 11 is 0. The Hall–Kier alpha value is -1.63. The Labute approximate surface area is 88.7 Å². The summed E-state index contributed by atoms with van der Waals surface area (Å²) in [5, 5.41) is 9.32. The molecule has 1 aromatic rings. The Kier molecular flexibility index (Phi) is 3.48. The third kappa shape index (κ3) is 2.48. The lowest BCUT2D eigenvalue weighted by Gasteiger charge is -2.14. The number of carbonyl (C=O) groups excluding carboxylic acids is 1. The van der Waals surface area contributed by atoms with Gasteiger partial charge in [0.2, 0.25) is 0 Å². The molecule has 0 fully saturated rings. The number of halogens is 3. The van der Waals surface area contributed by atoms with Gasteiger partial charge in [-0.15, -0.1) is 0 Å². The Balaban J connectivity index is 3.19. The first-order valence-corrected chi connectivity index (χ1v) is 4.16. The Morgan fingerprint density at radius 1 is 1.56 bits per heavy atom. The quantitative estimate of drug-likeness (QED) is 0.785. The lowest BCUT2D eigenvalue weighted by atomic mass is 10.1. The topological polar surface area (TPSA) is 59.4 Å². The fraction of sp³-hybridized carbons (Fsp3) is 0.333. The molecule has 1 rings (SSSR count). The van der Waals surface area contributed by atoms with Crippen molar-refractivity contribution < 1.29 is 27.8 Å². The van der Waals surface area contributed by atoms with Gasteiger partial charge in [0.1, 0.15) is 0 Å². The van der Waals surface area contributed by atoms with Crippen LogP contribution in [0, 0.1) is 0 Å². The molecule has 1 unspecified atom stereocenters. The Bertz CT molecular complexity index is 392. The molecule has 0 amide bonds. The number of methoxy groups -OCH3 is 1. The van der Waals surface area contributed by atoms with E-state index in [-0.39, 0.29) is 0 Å². The lowest BCUT2D eigenvalue weighted by Crippen LogP contribution is -2.20. The van der Waals surface area contributed by atoms with Crippen LogP contribution in [0.25, 0.3) is 0 Å². The van der Waals surface area contributed by atoms with E-state index in [0.717, 1.165) is 19.4 Å². The van der Waals surface area contributed by atoms with Gasteiger partial charge in [-0.05, 0) is 6.07 Å². The van der Waals surface area contributed by atoms with E-state index in [4.69, 9.17) is 0 Å². The van der Waals surface area contributed by atoms with Crippen LogP contribution in [-0.4, -0.2) is 23.2 Å².